The molecule has 2 aromatic carbocycles. The van der Waals surface area contributed by atoms with Gasteiger partial charge in [-0.3, -0.25) is 9.69 Å². The number of ether oxygens (including phenoxy) is 1. The standard InChI is InChI=1S/C31H38F2N4O3/c1-19(11-32)34-12-24(10-29-30(38)31(39)36-18-35-29)27-8-7-23(9-28(27)33)20(2)22-5-3-21(4-6-22)13-37-14-25-16-40-17-26(25)15-37/h3-9,18-20,24-26,34,38H,10-17H2,1-2H3,(H,35,36,39)/t19-,20?,24?,25?,26?/m0/s1. The van der Waals surface area contributed by atoms with Gasteiger partial charge in [0.1, 0.15) is 12.5 Å². The van der Waals surface area contributed by atoms with Crippen molar-refractivity contribution in [2.45, 2.75) is 44.7 Å². The van der Waals surface area contributed by atoms with Gasteiger partial charge in [0.15, 0.2) is 0 Å². The molecule has 7 nitrogen and oxygen atoms in total. The van der Waals surface area contributed by atoms with Crippen molar-refractivity contribution in [1.29, 1.82) is 0 Å². The van der Waals surface area contributed by atoms with Gasteiger partial charge in [0.2, 0.25) is 5.75 Å². The van der Waals surface area contributed by atoms with Crippen molar-refractivity contribution in [3.8, 4) is 5.75 Å². The summed E-state index contributed by atoms with van der Waals surface area (Å²) in [5.74, 6) is -0.0128. The van der Waals surface area contributed by atoms with Crippen LogP contribution in [0.25, 0.3) is 0 Å². The van der Waals surface area contributed by atoms with E-state index >= 15 is 4.39 Å². The molecule has 9 heteroatoms. The third kappa shape index (κ3) is 6.43. The Balaban J connectivity index is 1.29. The van der Waals surface area contributed by atoms with Crippen molar-refractivity contribution in [3.05, 3.63) is 92.9 Å². The Morgan fingerprint density at radius 3 is 2.50 bits per heavy atom. The molecule has 0 bridgehead atoms. The summed E-state index contributed by atoms with van der Waals surface area (Å²) in [6.07, 6.45) is 1.34. The largest absolute Gasteiger partial charge is 0.502 e. The van der Waals surface area contributed by atoms with Crippen molar-refractivity contribution in [2.75, 3.05) is 39.5 Å². The van der Waals surface area contributed by atoms with Crippen LogP contribution in [0, 0.1) is 17.7 Å². The Hall–Kier alpha value is -3.14. The molecule has 0 spiro atoms. The van der Waals surface area contributed by atoms with Crippen LogP contribution in [-0.2, 0) is 17.7 Å². The Bertz CT molecular complexity index is 1340. The summed E-state index contributed by atoms with van der Waals surface area (Å²) in [5, 5.41) is 13.2. The van der Waals surface area contributed by atoms with Crippen molar-refractivity contribution >= 4 is 0 Å². The Morgan fingerprint density at radius 2 is 1.82 bits per heavy atom. The molecule has 0 saturated carbocycles. The zero-order valence-electron chi connectivity index (χ0n) is 23.1. The minimum atomic E-state index is -0.651. The second-order valence-electron chi connectivity index (χ2n) is 11.4. The molecule has 3 heterocycles. The predicted molar refractivity (Wildman–Crippen MR) is 150 cm³/mol. The maximum absolute atomic E-state index is 15.6. The summed E-state index contributed by atoms with van der Waals surface area (Å²) in [7, 11) is 0. The number of fused-ring (bicyclic) bond motifs is 1. The van der Waals surface area contributed by atoms with Crippen LogP contribution in [0.15, 0.2) is 53.6 Å². The van der Waals surface area contributed by atoms with Crippen LogP contribution in [0.1, 0.15) is 53.6 Å². The SMILES string of the molecule is CC(c1ccc(CN2CC3COCC3C2)cc1)c1ccc(C(CN[C@@H](C)CF)Cc2nc[nH]c(=O)c2O)c(F)c1. The third-order valence-corrected chi connectivity index (χ3v) is 8.45. The highest BCUT2D eigenvalue weighted by Crippen LogP contribution is 2.32. The number of H-pyrrole nitrogens is 1. The lowest BCUT2D eigenvalue weighted by atomic mass is 9.88. The minimum absolute atomic E-state index is 0.0116. The van der Waals surface area contributed by atoms with Gasteiger partial charge in [0.25, 0.3) is 5.56 Å². The van der Waals surface area contributed by atoms with Crippen LogP contribution < -0.4 is 10.9 Å². The van der Waals surface area contributed by atoms with Gasteiger partial charge in [-0.15, -0.1) is 0 Å². The lowest BCUT2D eigenvalue weighted by Crippen LogP contribution is -2.33. The topological polar surface area (TPSA) is 90.5 Å². The molecule has 2 aliphatic heterocycles. The fourth-order valence-electron chi connectivity index (χ4n) is 5.92. The molecule has 0 radical (unpaired) electrons. The van der Waals surface area contributed by atoms with Gasteiger partial charge in [-0.2, -0.15) is 0 Å². The predicted octanol–water partition coefficient (Wildman–Crippen LogP) is 4.12. The quantitative estimate of drug-likeness (QED) is 0.332. The highest BCUT2D eigenvalue weighted by Gasteiger charge is 2.36. The van der Waals surface area contributed by atoms with Gasteiger partial charge in [-0.05, 0) is 35.2 Å². The van der Waals surface area contributed by atoms with E-state index < -0.39 is 29.9 Å². The van der Waals surface area contributed by atoms with E-state index in [0.717, 1.165) is 44.0 Å². The average molecular weight is 553 g/mol. The van der Waals surface area contributed by atoms with E-state index in [-0.39, 0.29) is 30.4 Å². The monoisotopic (exact) mass is 552 g/mol. The second kappa shape index (κ2) is 12.6. The Kier molecular flexibility index (Phi) is 8.93. The highest BCUT2D eigenvalue weighted by atomic mass is 19.1. The smallest absolute Gasteiger partial charge is 0.293 e. The van der Waals surface area contributed by atoms with Crippen molar-refractivity contribution in [3.63, 3.8) is 0 Å². The maximum Gasteiger partial charge on any atom is 0.293 e. The molecular formula is C31H38F2N4O3. The van der Waals surface area contributed by atoms with Crippen molar-refractivity contribution in [2.24, 2.45) is 11.8 Å². The normalized spacial score (nSPS) is 21.3. The molecule has 0 amide bonds. The van der Waals surface area contributed by atoms with Crippen LogP contribution in [0.5, 0.6) is 5.75 Å². The van der Waals surface area contributed by atoms with Crippen LogP contribution in [0.4, 0.5) is 8.78 Å². The fraction of sp³-hybridized carbons (Fsp3) is 0.484. The van der Waals surface area contributed by atoms with Gasteiger partial charge < -0.3 is 20.1 Å². The van der Waals surface area contributed by atoms with E-state index in [4.69, 9.17) is 4.74 Å². The van der Waals surface area contributed by atoms with Gasteiger partial charge in [-0.1, -0.05) is 43.3 Å². The summed E-state index contributed by atoms with van der Waals surface area (Å²) in [6, 6.07) is 13.4. The number of hydrogen-bond acceptors (Lipinski definition) is 6. The number of aromatic hydroxyl groups is 1. The first kappa shape index (κ1) is 28.4. The molecule has 4 unspecified atom stereocenters. The number of alkyl halides is 1. The Morgan fingerprint density at radius 1 is 1.12 bits per heavy atom. The van der Waals surface area contributed by atoms with Crippen LogP contribution in [0.2, 0.25) is 0 Å². The number of halogens is 2. The van der Waals surface area contributed by atoms with Gasteiger partial charge in [0, 0.05) is 62.3 Å². The summed E-state index contributed by atoms with van der Waals surface area (Å²) in [4.78, 5) is 20.8. The molecule has 2 saturated heterocycles. The number of aromatic amines is 1. The maximum atomic E-state index is 15.6. The highest BCUT2D eigenvalue weighted by molar-refractivity contribution is 5.37. The number of nitrogens with zero attached hydrogens (tertiary/aromatic N) is 2. The molecule has 3 aromatic rings. The number of nitrogens with one attached hydrogen (secondary N) is 2. The van der Waals surface area contributed by atoms with E-state index in [1.165, 1.54) is 11.9 Å². The number of likely N-dealkylation sites (tertiary alicyclic amines) is 1. The van der Waals surface area contributed by atoms with Crippen LogP contribution in [0.3, 0.4) is 0 Å². The van der Waals surface area contributed by atoms with E-state index in [1.54, 1.807) is 19.1 Å². The first-order chi connectivity index (χ1) is 19.3. The summed E-state index contributed by atoms with van der Waals surface area (Å²) < 4.78 is 34.3. The summed E-state index contributed by atoms with van der Waals surface area (Å²) in [6.45, 7) is 8.34. The van der Waals surface area contributed by atoms with Gasteiger partial charge in [-0.25, -0.2) is 13.8 Å². The molecular weight excluding hydrogens is 514 g/mol. The van der Waals surface area contributed by atoms with Gasteiger partial charge in [0.05, 0.1) is 25.2 Å². The number of rotatable bonds is 11. The lowest BCUT2D eigenvalue weighted by molar-refractivity contribution is 0.153. The molecule has 2 aliphatic rings. The zero-order chi connectivity index (χ0) is 28.2. The molecule has 3 N–H and O–H groups in total. The van der Waals surface area contributed by atoms with E-state index in [9.17, 15) is 14.3 Å². The fourth-order valence-corrected chi connectivity index (χ4v) is 5.92. The van der Waals surface area contributed by atoms with Gasteiger partial charge >= 0.3 is 0 Å². The minimum Gasteiger partial charge on any atom is -0.502 e. The second-order valence-corrected chi connectivity index (χ2v) is 11.4. The van der Waals surface area contributed by atoms with Crippen LogP contribution >= 0.6 is 0 Å². The summed E-state index contributed by atoms with van der Waals surface area (Å²) in [5.41, 5.74) is 3.17. The molecule has 40 heavy (non-hydrogen) atoms. The van der Waals surface area contributed by atoms with Crippen LogP contribution in [-0.4, -0.2) is 65.5 Å². The van der Waals surface area contributed by atoms with E-state index in [0.29, 0.717) is 17.4 Å². The average Bonchev–Trinajstić information content (AvgIpc) is 3.55. The molecule has 5 atom stereocenters. The van der Waals surface area contributed by atoms with Crippen molar-refractivity contribution < 1.29 is 18.6 Å². The molecule has 0 aliphatic carbocycles. The summed E-state index contributed by atoms with van der Waals surface area (Å²) >= 11 is 0. The number of aromatic nitrogens is 2. The molecule has 5 rings (SSSR count). The molecule has 2 fully saturated rings. The van der Waals surface area contributed by atoms with Crippen molar-refractivity contribution in [1.82, 2.24) is 20.2 Å². The van der Waals surface area contributed by atoms with E-state index in [2.05, 4.69) is 51.4 Å². The Labute approximate surface area is 233 Å². The first-order valence-electron chi connectivity index (χ1n) is 14.1. The van der Waals surface area contributed by atoms with E-state index in [1.807, 2.05) is 6.07 Å². The first-order valence-corrected chi connectivity index (χ1v) is 14.1. The molecule has 214 valence electrons. The lowest BCUT2D eigenvalue weighted by Gasteiger charge is -2.22. The number of benzene rings is 2. The third-order valence-electron chi connectivity index (χ3n) is 8.45. The zero-order valence-corrected chi connectivity index (χ0v) is 23.1. The molecule has 1 aromatic heterocycles. The number of hydrogen-bond donors (Lipinski definition) is 3.